The number of aromatic nitrogens is 2. The van der Waals surface area contributed by atoms with Crippen molar-refractivity contribution in [1.82, 2.24) is 20.0 Å². The minimum atomic E-state index is 0.0511. The average Bonchev–Trinajstić information content (AvgIpc) is 3.05. The highest BCUT2D eigenvalue weighted by atomic mass is 16.5. The molecule has 2 heterocycles. The third-order valence-corrected chi connectivity index (χ3v) is 5.23. The van der Waals surface area contributed by atoms with E-state index in [9.17, 15) is 4.79 Å². The Balaban J connectivity index is 1.61. The predicted octanol–water partition coefficient (Wildman–Crippen LogP) is 2.17. The maximum absolute atomic E-state index is 12.4. The molecule has 6 heteroatoms. The first kappa shape index (κ1) is 18.5. The van der Waals surface area contributed by atoms with E-state index in [1.54, 1.807) is 7.11 Å². The van der Waals surface area contributed by atoms with Gasteiger partial charge in [-0.05, 0) is 56.1 Å². The number of likely N-dealkylation sites (tertiary alicyclic amines) is 1. The standard InChI is InChI=1S/C20H28N4O2/c1-23-11-5-7-16(20(23)18-9-10-22-24(18)2)14-21-19(25)13-15-6-4-8-17(12-15)26-3/h4,6,8-10,12,16,20H,5,7,11,13-14H2,1-3H3,(H,21,25)/t16-,20+/m0/s1. The zero-order valence-electron chi connectivity index (χ0n) is 15.8. The van der Waals surface area contributed by atoms with Gasteiger partial charge in [-0.3, -0.25) is 14.4 Å². The average molecular weight is 356 g/mol. The lowest BCUT2D eigenvalue weighted by molar-refractivity contribution is -0.120. The largest absolute Gasteiger partial charge is 0.497 e. The van der Waals surface area contributed by atoms with Gasteiger partial charge in [0.05, 0.1) is 25.3 Å². The topological polar surface area (TPSA) is 59.4 Å². The number of hydrogen-bond donors (Lipinski definition) is 1. The minimum Gasteiger partial charge on any atom is -0.497 e. The van der Waals surface area contributed by atoms with Gasteiger partial charge in [0.2, 0.25) is 5.91 Å². The van der Waals surface area contributed by atoms with Crippen molar-refractivity contribution in [1.29, 1.82) is 0 Å². The molecule has 0 radical (unpaired) electrons. The first-order valence-electron chi connectivity index (χ1n) is 9.16. The normalized spacial score (nSPS) is 20.7. The van der Waals surface area contributed by atoms with Gasteiger partial charge < -0.3 is 10.1 Å². The number of benzene rings is 1. The fraction of sp³-hybridized carbons (Fsp3) is 0.500. The van der Waals surface area contributed by atoms with E-state index in [2.05, 4.69) is 28.4 Å². The predicted molar refractivity (Wildman–Crippen MR) is 101 cm³/mol. The number of ether oxygens (including phenoxy) is 1. The van der Waals surface area contributed by atoms with Crippen LogP contribution in [0.4, 0.5) is 0 Å². The van der Waals surface area contributed by atoms with Gasteiger partial charge in [0.25, 0.3) is 0 Å². The van der Waals surface area contributed by atoms with Crippen LogP contribution in [0.3, 0.4) is 0 Å². The summed E-state index contributed by atoms with van der Waals surface area (Å²) in [5.74, 6) is 1.22. The number of hydrogen-bond acceptors (Lipinski definition) is 4. The molecule has 1 N–H and O–H groups in total. The van der Waals surface area contributed by atoms with Gasteiger partial charge in [0.1, 0.15) is 5.75 Å². The summed E-state index contributed by atoms with van der Waals surface area (Å²) >= 11 is 0. The number of piperidine rings is 1. The molecule has 2 aromatic rings. The third kappa shape index (κ3) is 4.25. The highest BCUT2D eigenvalue weighted by Crippen LogP contribution is 2.34. The molecule has 0 spiro atoms. The van der Waals surface area contributed by atoms with Crippen molar-refractivity contribution in [2.75, 3.05) is 27.2 Å². The monoisotopic (exact) mass is 356 g/mol. The zero-order valence-corrected chi connectivity index (χ0v) is 15.8. The molecule has 6 nitrogen and oxygen atoms in total. The molecular formula is C20H28N4O2. The van der Waals surface area contributed by atoms with Crippen LogP contribution in [0, 0.1) is 5.92 Å². The molecule has 1 saturated heterocycles. The van der Waals surface area contributed by atoms with Crippen molar-refractivity contribution in [3.63, 3.8) is 0 Å². The molecule has 2 atom stereocenters. The molecule has 0 unspecified atom stereocenters. The number of carbonyl (C=O) groups is 1. The fourth-order valence-corrected chi connectivity index (χ4v) is 3.89. The molecule has 26 heavy (non-hydrogen) atoms. The summed E-state index contributed by atoms with van der Waals surface area (Å²) in [5, 5.41) is 7.45. The third-order valence-electron chi connectivity index (χ3n) is 5.23. The lowest BCUT2D eigenvalue weighted by atomic mass is 9.87. The SMILES string of the molecule is COc1cccc(CC(=O)NC[C@@H]2CCCN(C)[C@H]2c2ccnn2C)c1. The van der Waals surface area contributed by atoms with Gasteiger partial charge in [-0.1, -0.05) is 12.1 Å². The second-order valence-electron chi connectivity index (χ2n) is 7.04. The fourth-order valence-electron chi connectivity index (χ4n) is 3.89. The molecule has 1 fully saturated rings. The number of carbonyl (C=O) groups excluding carboxylic acids is 1. The van der Waals surface area contributed by atoms with Gasteiger partial charge >= 0.3 is 0 Å². The second-order valence-corrected chi connectivity index (χ2v) is 7.04. The van der Waals surface area contributed by atoms with Crippen molar-refractivity contribution >= 4 is 5.91 Å². The Morgan fingerprint density at radius 3 is 2.92 bits per heavy atom. The van der Waals surface area contributed by atoms with Crippen molar-refractivity contribution in [3.05, 3.63) is 47.8 Å². The van der Waals surface area contributed by atoms with Crippen LogP contribution in [0.1, 0.15) is 30.1 Å². The van der Waals surface area contributed by atoms with Crippen molar-refractivity contribution in [2.45, 2.75) is 25.3 Å². The van der Waals surface area contributed by atoms with Gasteiger partial charge in [-0.2, -0.15) is 5.10 Å². The zero-order chi connectivity index (χ0) is 18.5. The molecule has 0 aliphatic carbocycles. The Bertz CT molecular complexity index is 743. The van der Waals surface area contributed by atoms with E-state index < -0.39 is 0 Å². The van der Waals surface area contributed by atoms with E-state index in [4.69, 9.17) is 4.74 Å². The summed E-state index contributed by atoms with van der Waals surface area (Å²) in [6.45, 7) is 1.76. The highest BCUT2D eigenvalue weighted by molar-refractivity contribution is 5.78. The number of nitrogens with zero attached hydrogens (tertiary/aromatic N) is 3. The number of aryl methyl sites for hydroxylation is 1. The first-order chi connectivity index (χ1) is 12.6. The molecule has 1 aliphatic heterocycles. The number of amides is 1. The molecule has 1 amide bonds. The van der Waals surface area contributed by atoms with Crippen LogP contribution < -0.4 is 10.1 Å². The molecule has 140 valence electrons. The number of rotatable bonds is 6. The first-order valence-corrected chi connectivity index (χ1v) is 9.16. The Labute approximate surface area is 155 Å². The highest BCUT2D eigenvalue weighted by Gasteiger charge is 2.32. The minimum absolute atomic E-state index is 0.0511. The molecule has 0 bridgehead atoms. The molecule has 1 aromatic heterocycles. The smallest absolute Gasteiger partial charge is 0.224 e. The molecule has 1 aromatic carbocycles. The van der Waals surface area contributed by atoms with Crippen LogP contribution in [-0.4, -0.2) is 47.8 Å². The van der Waals surface area contributed by atoms with Crippen LogP contribution in [0.5, 0.6) is 5.75 Å². The van der Waals surface area contributed by atoms with E-state index in [1.807, 2.05) is 42.2 Å². The van der Waals surface area contributed by atoms with Gasteiger partial charge in [0.15, 0.2) is 0 Å². The van der Waals surface area contributed by atoms with E-state index in [1.165, 1.54) is 5.69 Å². The Hall–Kier alpha value is -2.34. The second kappa shape index (κ2) is 8.36. The Morgan fingerprint density at radius 1 is 1.35 bits per heavy atom. The summed E-state index contributed by atoms with van der Waals surface area (Å²) in [7, 11) is 5.77. The van der Waals surface area contributed by atoms with Gasteiger partial charge in [-0.25, -0.2) is 0 Å². The lowest BCUT2D eigenvalue weighted by Gasteiger charge is -2.39. The van der Waals surface area contributed by atoms with Gasteiger partial charge in [0, 0.05) is 19.8 Å². The Morgan fingerprint density at radius 2 is 2.19 bits per heavy atom. The van der Waals surface area contributed by atoms with Crippen LogP contribution in [0.2, 0.25) is 0 Å². The quantitative estimate of drug-likeness (QED) is 0.862. The maximum atomic E-state index is 12.4. The van der Waals surface area contributed by atoms with Crippen molar-refractivity contribution < 1.29 is 9.53 Å². The van der Waals surface area contributed by atoms with Crippen molar-refractivity contribution in [3.8, 4) is 5.75 Å². The molecular weight excluding hydrogens is 328 g/mol. The maximum Gasteiger partial charge on any atom is 0.224 e. The van der Waals surface area contributed by atoms with E-state index >= 15 is 0 Å². The number of methoxy groups -OCH3 is 1. The molecule has 3 rings (SSSR count). The Kier molecular flexibility index (Phi) is 5.93. The molecule has 0 saturated carbocycles. The van der Waals surface area contributed by atoms with Gasteiger partial charge in [-0.15, -0.1) is 0 Å². The summed E-state index contributed by atoms with van der Waals surface area (Å²) in [6, 6.07) is 10.0. The van der Waals surface area contributed by atoms with E-state index in [0.29, 0.717) is 18.9 Å². The number of nitrogens with one attached hydrogen (secondary N) is 1. The summed E-state index contributed by atoms with van der Waals surface area (Å²) in [6.07, 6.45) is 4.48. The van der Waals surface area contributed by atoms with E-state index in [-0.39, 0.29) is 11.9 Å². The van der Waals surface area contributed by atoms with E-state index in [0.717, 1.165) is 30.7 Å². The summed E-state index contributed by atoms with van der Waals surface area (Å²) in [5.41, 5.74) is 2.17. The van der Waals surface area contributed by atoms with Crippen LogP contribution in [0.15, 0.2) is 36.5 Å². The lowest BCUT2D eigenvalue weighted by Crippen LogP contribution is -2.42. The van der Waals surface area contributed by atoms with Crippen LogP contribution >= 0.6 is 0 Å². The summed E-state index contributed by atoms with van der Waals surface area (Å²) in [4.78, 5) is 14.8. The van der Waals surface area contributed by atoms with Crippen LogP contribution in [-0.2, 0) is 18.3 Å². The van der Waals surface area contributed by atoms with Crippen LogP contribution in [0.25, 0.3) is 0 Å². The summed E-state index contributed by atoms with van der Waals surface area (Å²) < 4.78 is 7.17. The molecule has 1 aliphatic rings. The van der Waals surface area contributed by atoms with Crippen molar-refractivity contribution in [2.24, 2.45) is 13.0 Å².